The number of benzene rings is 1. The molecule has 1 aromatic carbocycles. The Hall–Kier alpha value is -2.15. The third-order valence-electron chi connectivity index (χ3n) is 5.83. The summed E-state index contributed by atoms with van der Waals surface area (Å²) in [6.45, 7) is 6.33. The molecule has 2 N–H and O–H groups in total. The lowest BCUT2D eigenvalue weighted by Crippen LogP contribution is -2.44. The number of aliphatic hydroxyl groups excluding tert-OH is 1. The van der Waals surface area contributed by atoms with Crippen LogP contribution in [-0.4, -0.2) is 52.7 Å². The highest BCUT2D eigenvalue weighted by atomic mass is 35.5. The number of hydrogen-bond acceptors (Lipinski definition) is 4. The van der Waals surface area contributed by atoms with Crippen molar-refractivity contribution in [3.05, 3.63) is 53.6 Å². The summed E-state index contributed by atoms with van der Waals surface area (Å²) in [6.07, 6.45) is 6.85. The molecule has 6 nitrogen and oxygen atoms in total. The van der Waals surface area contributed by atoms with E-state index >= 15 is 0 Å². The van der Waals surface area contributed by atoms with Gasteiger partial charge in [-0.2, -0.15) is 0 Å². The van der Waals surface area contributed by atoms with Crippen molar-refractivity contribution in [2.24, 2.45) is 5.92 Å². The van der Waals surface area contributed by atoms with Gasteiger partial charge in [0.1, 0.15) is 0 Å². The molecule has 2 aliphatic rings. The lowest BCUT2D eigenvalue weighted by Gasteiger charge is -2.27. The highest BCUT2D eigenvalue weighted by Gasteiger charge is 2.52. The van der Waals surface area contributed by atoms with Crippen molar-refractivity contribution in [2.75, 3.05) is 24.6 Å². The first-order valence-electron chi connectivity index (χ1n) is 9.86. The summed E-state index contributed by atoms with van der Waals surface area (Å²) in [5.74, 6) is -1.06. The predicted octanol–water partition coefficient (Wildman–Crippen LogP) is 2.63. The van der Waals surface area contributed by atoms with E-state index in [1.165, 1.54) is 4.90 Å². The second-order valence-electron chi connectivity index (χ2n) is 7.62. The van der Waals surface area contributed by atoms with Crippen molar-refractivity contribution in [3.8, 4) is 0 Å². The first kappa shape index (κ1) is 21.6. The van der Waals surface area contributed by atoms with Crippen LogP contribution in [0.3, 0.4) is 0 Å². The van der Waals surface area contributed by atoms with Gasteiger partial charge in [-0.25, -0.2) is 0 Å². The molecule has 2 aliphatic heterocycles. The Morgan fingerprint density at radius 2 is 2.24 bits per heavy atom. The highest BCUT2D eigenvalue weighted by Crippen LogP contribution is 2.46. The number of anilines is 1. The van der Waals surface area contributed by atoms with Crippen molar-refractivity contribution in [2.45, 2.75) is 37.8 Å². The number of aliphatic hydroxyl groups is 2. The minimum absolute atomic E-state index is 0.0310. The number of hydrogen-bond donors (Lipinski definition) is 2. The van der Waals surface area contributed by atoms with Gasteiger partial charge >= 0.3 is 0 Å². The standard InChI is InChI=1S/C22H27ClN2O4/c1-3-11-25-19-10-9-16(23)13-18(19)22(29,21(25)28)15(2)6-4-8-20(27)24-12-5-7-17(24)14-26/h3-4,6,9-10,13,15,17,26,29H,1,5,7-8,11-12,14H2,2H3/b6-4+/t15-,17-,22+/m0/s1. The fraction of sp³-hybridized carbons (Fsp3) is 0.455. The van der Waals surface area contributed by atoms with Gasteiger partial charge in [0.15, 0.2) is 5.60 Å². The maximum Gasteiger partial charge on any atom is 0.264 e. The molecule has 7 heteroatoms. The molecule has 1 fully saturated rings. The van der Waals surface area contributed by atoms with E-state index in [1.54, 1.807) is 48.3 Å². The maximum atomic E-state index is 13.1. The molecule has 0 saturated carbocycles. The Balaban J connectivity index is 1.79. The number of nitrogens with zero attached hydrogens (tertiary/aromatic N) is 2. The Morgan fingerprint density at radius 3 is 2.93 bits per heavy atom. The number of amides is 2. The summed E-state index contributed by atoms with van der Waals surface area (Å²) < 4.78 is 0. The second kappa shape index (κ2) is 8.69. The van der Waals surface area contributed by atoms with E-state index < -0.39 is 17.4 Å². The monoisotopic (exact) mass is 418 g/mol. The Morgan fingerprint density at radius 1 is 1.48 bits per heavy atom. The molecule has 3 rings (SSSR count). The van der Waals surface area contributed by atoms with Gasteiger partial charge in [-0.15, -0.1) is 6.58 Å². The van der Waals surface area contributed by atoms with E-state index in [-0.39, 0.29) is 31.5 Å². The lowest BCUT2D eigenvalue weighted by atomic mass is 9.83. The third kappa shape index (κ3) is 3.84. The van der Waals surface area contributed by atoms with Crippen LogP contribution < -0.4 is 4.90 Å². The molecular weight excluding hydrogens is 392 g/mol. The van der Waals surface area contributed by atoms with Gasteiger partial charge in [-0.1, -0.05) is 36.8 Å². The lowest BCUT2D eigenvalue weighted by molar-refractivity contribution is -0.139. The largest absolute Gasteiger partial charge is 0.394 e. The molecule has 3 atom stereocenters. The van der Waals surface area contributed by atoms with Gasteiger partial charge in [0.05, 0.1) is 18.3 Å². The Labute approximate surface area is 176 Å². The average molecular weight is 419 g/mol. The number of halogens is 1. The normalized spacial score (nSPS) is 25.0. The van der Waals surface area contributed by atoms with Crippen LogP contribution in [0.5, 0.6) is 0 Å². The second-order valence-corrected chi connectivity index (χ2v) is 8.06. The zero-order valence-electron chi connectivity index (χ0n) is 16.6. The van der Waals surface area contributed by atoms with E-state index in [9.17, 15) is 19.8 Å². The topological polar surface area (TPSA) is 81.1 Å². The molecule has 1 aromatic rings. The van der Waals surface area contributed by atoms with E-state index in [0.717, 1.165) is 12.8 Å². The first-order chi connectivity index (χ1) is 13.8. The molecule has 0 spiro atoms. The minimum atomic E-state index is -1.76. The first-order valence-corrected chi connectivity index (χ1v) is 10.2. The van der Waals surface area contributed by atoms with Crippen LogP contribution in [0.1, 0.15) is 31.7 Å². The van der Waals surface area contributed by atoms with Crippen molar-refractivity contribution in [3.63, 3.8) is 0 Å². The molecule has 1 saturated heterocycles. The molecular formula is C22H27ClN2O4. The van der Waals surface area contributed by atoms with E-state index in [4.69, 9.17) is 11.6 Å². The average Bonchev–Trinajstić information content (AvgIpc) is 3.26. The van der Waals surface area contributed by atoms with Gasteiger partial charge in [-0.3, -0.25) is 9.59 Å². The highest BCUT2D eigenvalue weighted by molar-refractivity contribution is 6.31. The fourth-order valence-electron chi connectivity index (χ4n) is 4.21. The van der Waals surface area contributed by atoms with Gasteiger partial charge < -0.3 is 20.0 Å². The van der Waals surface area contributed by atoms with Crippen LogP contribution in [0.15, 0.2) is 43.0 Å². The van der Waals surface area contributed by atoms with Crippen LogP contribution in [-0.2, 0) is 15.2 Å². The van der Waals surface area contributed by atoms with Crippen LogP contribution in [0.4, 0.5) is 5.69 Å². The summed E-state index contributed by atoms with van der Waals surface area (Å²) in [5.41, 5.74) is -0.689. The van der Waals surface area contributed by atoms with Crippen molar-refractivity contribution >= 4 is 29.1 Å². The zero-order chi connectivity index (χ0) is 21.2. The van der Waals surface area contributed by atoms with Crippen LogP contribution in [0.25, 0.3) is 0 Å². The van der Waals surface area contributed by atoms with E-state index in [0.29, 0.717) is 22.8 Å². The Kier molecular flexibility index (Phi) is 6.46. The molecule has 156 valence electrons. The number of carbonyl (C=O) groups excluding carboxylic acids is 2. The summed E-state index contributed by atoms with van der Waals surface area (Å²) >= 11 is 6.12. The fourth-order valence-corrected chi connectivity index (χ4v) is 4.39. The number of fused-ring (bicyclic) bond motifs is 1. The molecule has 29 heavy (non-hydrogen) atoms. The zero-order valence-corrected chi connectivity index (χ0v) is 17.3. The van der Waals surface area contributed by atoms with Gasteiger partial charge in [0.2, 0.25) is 5.91 Å². The minimum Gasteiger partial charge on any atom is -0.394 e. The van der Waals surface area contributed by atoms with Crippen LogP contribution >= 0.6 is 11.6 Å². The smallest absolute Gasteiger partial charge is 0.264 e. The summed E-state index contributed by atoms with van der Waals surface area (Å²) in [4.78, 5) is 28.7. The van der Waals surface area contributed by atoms with Crippen molar-refractivity contribution in [1.29, 1.82) is 0 Å². The maximum absolute atomic E-state index is 13.1. The van der Waals surface area contributed by atoms with Crippen LogP contribution in [0, 0.1) is 5.92 Å². The molecule has 0 aliphatic carbocycles. The molecule has 0 radical (unpaired) electrons. The Bertz CT molecular complexity index is 840. The molecule has 0 unspecified atom stereocenters. The third-order valence-corrected chi connectivity index (χ3v) is 6.06. The summed E-state index contributed by atoms with van der Waals surface area (Å²) in [5, 5.41) is 21.2. The van der Waals surface area contributed by atoms with Gasteiger partial charge in [0, 0.05) is 36.0 Å². The molecule has 2 amide bonds. The predicted molar refractivity (Wildman–Crippen MR) is 113 cm³/mol. The van der Waals surface area contributed by atoms with E-state index in [1.807, 2.05) is 0 Å². The van der Waals surface area contributed by atoms with Crippen molar-refractivity contribution < 1.29 is 19.8 Å². The molecule has 0 bridgehead atoms. The summed E-state index contributed by atoms with van der Waals surface area (Å²) in [7, 11) is 0. The number of rotatable bonds is 7. The van der Waals surface area contributed by atoms with Gasteiger partial charge in [0.25, 0.3) is 5.91 Å². The molecule has 2 heterocycles. The van der Waals surface area contributed by atoms with Gasteiger partial charge in [-0.05, 0) is 31.0 Å². The van der Waals surface area contributed by atoms with Crippen LogP contribution in [0.2, 0.25) is 5.02 Å². The number of carbonyl (C=O) groups is 2. The molecule has 0 aromatic heterocycles. The van der Waals surface area contributed by atoms with Crippen molar-refractivity contribution in [1.82, 2.24) is 4.90 Å². The SMILES string of the molecule is C=CCN1C(=O)[C@@](O)([C@@H](C)/C=C/CC(=O)N2CCC[C@H]2CO)c2cc(Cl)ccc21. The quantitative estimate of drug-likeness (QED) is 0.667. The number of likely N-dealkylation sites (tertiary alicyclic amines) is 1. The summed E-state index contributed by atoms with van der Waals surface area (Å²) in [6, 6.07) is 4.90. The van der Waals surface area contributed by atoms with E-state index in [2.05, 4.69) is 6.58 Å².